The molecule has 0 heterocycles. The number of aliphatic hydroxyl groups is 1. The molecule has 0 unspecified atom stereocenters. The molecule has 82 valence electrons. The molecule has 14 heavy (non-hydrogen) atoms. The quantitative estimate of drug-likeness (QED) is 0.711. The lowest BCUT2D eigenvalue weighted by atomic mass is 9.63. The molecule has 2 heteroatoms. The molecule has 0 atom stereocenters. The highest BCUT2D eigenvalue weighted by Crippen LogP contribution is 2.45. The van der Waals surface area contributed by atoms with Crippen molar-refractivity contribution < 1.29 is 5.11 Å². The maximum atomic E-state index is 10.3. The van der Waals surface area contributed by atoms with Gasteiger partial charge in [-0.05, 0) is 37.5 Å². The molecule has 2 aliphatic carbocycles. The largest absolute Gasteiger partial charge is 0.389 e. The summed E-state index contributed by atoms with van der Waals surface area (Å²) in [7, 11) is 0. The lowest BCUT2D eigenvalue weighted by Gasteiger charge is -2.49. The molecule has 0 aliphatic heterocycles. The van der Waals surface area contributed by atoms with Gasteiger partial charge in [-0.2, -0.15) is 0 Å². The van der Waals surface area contributed by atoms with Crippen molar-refractivity contribution >= 4 is 0 Å². The Morgan fingerprint density at radius 3 is 2.21 bits per heavy atom. The van der Waals surface area contributed by atoms with Gasteiger partial charge >= 0.3 is 0 Å². The number of hydrogen-bond donors (Lipinski definition) is 2. The highest BCUT2D eigenvalue weighted by Gasteiger charge is 2.47. The minimum atomic E-state index is -0.377. The van der Waals surface area contributed by atoms with Crippen LogP contribution in [0.15, 0.2) is 0 Å². The third-order valence-electron chi connectivity index (χ3n) is 4.42. The Balaban J connectivity index is 1.83. The average Bonchev–Trinajstić information content (AvgIpc) is 2.16. The van der Waals surface area contributed by atoms with E-state index >= 15 is 0 Å². The van der Waals surface area contributed by atoms with Crippen molar-refractivity contribution in [1.82, 2.24) is 0 Å². The van der Waals surface area contributed by atoms with Crippen LogP contribution in [0.4, 0.5) is 0 Å². The SMILES string of the molecule is CCC1CCC(C2(O)CC(N)C2)CC1. The van der Waals surface area contributed by atoms with Crippen LogP contribution in [0.3, 0.4) is 0 Å². The molecule has 2 rings (SSSR count). The second kappa shape index (κ2) is 3.82. The Labute approximate surface area is 86.9 Å². The molecular formula is C12H23NO. The van der Waals surface area contributed by atoms with Crippen LogP contribution in [-0.4, -0.2) is 16.7 Å². The Morgan fingerprint density at radius 1 is 1.21 bits per heavy atom. The van der Waals surface area contributed by atoms with Gasteiger partial charge in [-0.15, -0.1) is 0 Å². The van der Waals surface area contributed by atoms with E-state index in [1.54, 1.807) is 0 Å². The van der Waals surface area contributed by atoms with Crippen LogP contribution in [0.2, 0.25) is 0 Å². The maximum absolute atomic E-state index is 10.3. The second-order valence-corrected chi connectivity index (χ2v) is 5.40. The molecule has 0 radical (unpaired) electrons. The van der Waals surface area contributed by atoms with Gasteiger partial charge in [0.15, 0.2) is 0 Å². The highest BCUT2D eigenvalue weighted by molar-refractivity contribution is 5.01. The summed E-state index contributed by atoms with van der Waals surface area (Å²) in [5.74, 6) is 1.47. The second-order valence-electron chi connectivity index (χ2n) is 5.40. The number of rotatable bonds is 2. The zero-order valence-electron chi connectivity index (χ0n) is 9.21. The lowest BCUT2D eigenvalue weighted by molar-refractivity contribution is -0.107. The van der Waals surface area contributed by atoms with E-state index in [1.165, 1.54) is 32.1 Å². The summed E-state index contributed by atoms with van der Waals surface area (Å²) in [6.07, 6.45) is 8.08. The summed E-state index contributed by atoms with van der Waals surface area (Å²) in [6, 6.07) is 0.267. The summed E-state index contributed by atoms with van der Waals surface area (Å²) in [5, 5.41) is 10.3. The van der Waals surface area contributed by atoms with Gasteiger partial charge in [-0.25, -0.2) is 0 Å². The molecule has 0 spiro atoms. The van der Waals surface area contributed by atoms with E-state index in [2.05, 4.69) is 6.92 Å². The molecule has 2 saturated carbocycles. The molecule has 2 fully saturated rings. The first-order valence-corrected chi connectivity index (χ1v) is 6.12. The number of nitrogens with two attached hydrogens (primary N) is 1. The average molecular weight is 197 g/mol. The van der Waals surface area contributed by atoms with E-state index in [4.69, 9.17) is 5.73 Å². The van der Waals surface area contributed by atoms with E-state index in [0.29, 0.717) is 5.92 Å². The van der Waals surface area contributed by atoms with Gasteiger partial charge in [0, 0.05) is 6.04 Å². The summed E-state index contributed by atoms with van der Waals surface area (Å²) >= 11 is 0. The van der Waals surface area contributed by atoms with Gasteiger partial charge in [0.2, 0.25) is 0 Å². The van der Waals surface area contributed by atoms with E-state index in [-0.39, 0.29) is 11.6 Å². The Kier molecular flexibility index (Phi) is 2.85. The topological polar surface area (TPSA) is 46.2 Å². The predicted octanol–water partition coefficient (Wildman–Crippen LogP) is 2.05. The van der Waals surface area contributed by atoms with Crippen molar-refractivity contribution in [3.05, 3.63) is 0 Å². The zero-order valence-corrected chi connectivity index (χ0v) is 9.21. The van der Waals surface area contributed by atoms with Crippen LogP contribution >= 0.6 is 0 Å². The normalized spacial score (nSPS) is 48.6. The first-order valence-electron chi connectivity index (χ1n) is 6.12. The van der Waals surface area contributed by atoms with Crippen molar-refractivity contribution in [1.29, 1.82) is 0 Å². The van der Waals surface area contributed by atoms with Crippen molar-refractivity contribution in [2.75, 3.05) is 0 Å². The van der Waals surface area contributed by atoms with Crippen LogP contribution in [0, 0.1) is 11.8 Å². The monoisotopic (exact) mass is 197 g/mol. The third-order valence-corrected chi connectivity index (χ3v) is 4.42. The van der Waals surface area contributed by atoms with Crippen LogP contribution < -0.4 is 5.73 Å². The standard InChI is InChI=1S/C12H23NO/c1-2-9-3-5-10(6-4-9)12(14)7-11(13)8-12/h9-11,14H,2-8,13H2,1H3. The Bertz CT molecular complexity index is 190. The van der Waals surface area contributed by atoms with E-state index < -0.39 is 0 Å². The molecular weight excluding hydrogens is 174 g/mol. The van der Waals surface area contributed by atoms with E-state index in [9.17, 15) is 5.11 Å². The predicted molar refractivity (Wildman–Crippen MR) is 57.9 cm³/mol. The summed E-state index contributed by atoms with van der Waals surface area (Å²) in [6.45, 7) is 2.28. The fourth-order valence-electron chi connectivity index (χ4n) is 3.29. The summed E-state index contributed by atoms with van der Waals surface area (Å²) in [4.78, 5) is 0. The lowest BCUT2D eigenvalue weighted by Crippen LogP contribution is -2.56. The Morgan fingerprint density at radius 2 is 1.79 bits per heavy atom. The maximum Gasteiger partial charge on any atom is 0.0705 e. The van der Waals surface area contributed by atoms with Crippen molar-refractivity contribution in [3.63, 3.8) is 0 Å². The number of hydrogen-bond acceptors (Lipinski definition) is 2. The fraction of sp³-hybridized carbons (Fsp3) is 1.00. The van der Waals surface area contributed by atoms with Gasteiger partial charge < -0.3 is 10.8 Å². The minimum absolute atomic E-state index is 0.267. The third kappa shape index (κ3) is 1.82. The fourth-order valence-corrected chi connectivity index (χ4v) is 3.29. The molecule has 0 aromatic rings. The van der Waals surface area contributed by atoms with E-state index in [1.807, 2.05) is 0 Å². The summed E-state index contributed by atoms with van der Waals surface area (Å²) in [5.41, 5.74) is 5.38. The van der Waals surface area contributed by atoms with Crippen LogP contribution in [0.5, 0.6) is 0 Å². The van der Waals surface area contributed by atoms with Crippen molar-refractivity contribution in [2.24, 2.45) is 17.6 Å². The van der Waals surface area contributed by atoms with Gasteiger partial charge in [0.1, 0.15) is 0 Å². The van der Waals surface area contributed by atoms with E-state index in [0.717, 1.165) is 18.8 Å². The highest BCUT2D eigenvalue weighted by atomic mass is 16.3. The molecule has 0 aromatic heterocycles. The smallest absolute Gasteiger partial charge is 0.0705 e. The molecule has 0 amide bonds. The van der Waals surface area contributed by atoms with Gasteiger partial charge in [-0.3, -0.25) is 0 Å². The van der Waals surface area contributed by atoms with Crippen LogP contribution in [0.25, 0.3) is 0 Å². The van der Waals surface area contributed by atoms with Gasteiger partial charge in [0.05, 0.1) is 5.60 Å². The van der Waals surface area contributed by atoms with Gasteiger partial charge in [0.25, 0.3) is 0 Å². The Hall–Kier alpha value is -0.0800. The molecule has 0 bridgehead atoms. The summed E-state index contributed by atoms with van der Waals surface area (Å²) < 4.78 is 0. The minimum Gasteiger partial charge on any atom is -0.389 e. The van der Waals surface area contributed by atoms with Crippen LogP contribution in [0.1, 0.15) is 51.9 Å². The van der Waals surface area contributed by atoms with Crippen molar-refractivity contribution in [2.45, 2.75) is 63.5 Å². The van der Waals surface area contributed by atoms with Crippen molar-refractivity contribution in [3.8, 4) is 0 Å². The first-order chi connectivity index (χ1) is 6.64. The zero-order chi connectivity index (χ0) is 10.2. The molecule has 0 saturated heterocycles. The molecule has 2 aliphatic rings. The van der Waals surface area contributed by atoms with Crippen LogP contribution in [-0.2, 0) is 0 Å². The van der Waals surface area contributed by atoms with Gasteiger partial charge in [-0.1, -0.05) is 26.2 Å². The molecule has 3 N–H and O–H groups in total. The molecule has 0 aromatic carbocycles. The molecule has 2 nitrogen and oxygen atoms in total. The first kappa shape index (κ1) is 10.4.